The lowest BCUT2D eigenvalue weighted by Crippen LogP contribution is -1.94. The van der Waals surface area contributed by atoms with E-state index in [1.54, 1.807) is 11.3 Å². The summed E-state index contributed by atoms with van der Waals surface area (Å²) < 4.78 is 2.04. The molecule has 0 radical (unpaired) electrons. The molecule has 0 aliphatic carbocycles. The molecule has 0 unspecified atom stereocenters. The molecule has 0 aliphatic heterocycles. The molecule has 0 amide bonds. The maximum absolute atomic E-state index is 4.60. The Bertz CT molecular complexity index is 694. The van der Waals surface area contributed by atoms with Crippen LogP contribution in [0.1, 0.15) is 17.0 Å². The van der Waals surface area contributed by atoms with Gasteiger partial charge in [-0.2, -0.15) is 0 Å². The zero-order valence-corrected chi connectivity index (χ0v) is 10.9. The maximum Gasteiger partial charge on any atom is 0.234 e. The topological polar surface area (TPSA) is 30.2 Å². The van der Waals surface area contributed by atoms with Gasteiger partial charge in [0, 0.05) is 17.6 Å². The van der Waals surface area contributed by atoms with E-state index in [2.05, 4.69) is 47.5 Å². The Hall–Kier alpha value is -1.68. The first-order chi connectivity index (χ1) is 8.15. The number of aromatic nitrogens is 3. The number of thiophene rings is 1. The third kappa shape index (κ3) is 1.65. The van der Waals surface area contributed by atoms with Crippen molar-refractivity contribution in [3.8, 4) is 10.6 Å². The second-order valence-corrected chi connectivity index (χ2v) is 5.18. The number of hydrogen-bond donors (Lipinski definition) is 0. The highest BCUT2D eigenvalue weighted by molar-refractivity contribution is 7.13. The van der Waals surface area contributed by atoms with Gasteiger partial charge in [-0.25, -0.2) is 9.97 Å². The van der Waals surface area contributed by atoms with Crippen LogP contribution in [0.15, 0.2) is 23.7 Å². The SMILES string of the molecule is Cc1cc(C)n2cc(-c3sccc3C)nc2n1. The Morgan fingerprint density at radius 1 is 1.18 bits per heavy atom. The van der Waals surface area contributed by atoms with E-state index in [-0.39, 0.29) is 0 Å². The monoisotopic (exact) mass is 243 g/mol. The van der Waals surface area contributed by atoms with Crippen molar-refractivity contribution in [3.05, 3.63) is 40.7 Å². The molecule has 0 aromatic carbocycles. The summed E-state index contributed by atoms with van der Waals surface area (Å²) >= 11 is 1.72. The van der Waals surface area contributed by atoms with Crippen molar-refractivity contribution in [1.82, 2.24) is 14.4 Å². The lowest BCUT2D eigenvalue weighted by atomic mass is 10.2. The van der Waals surface area contributed by atoms with Crippen molar-refractivity contribution >= 4 is 17.1 Å². The molecule has 3 aromatic heterocycles. The van der Waals surface area contributed by atoms with Gasteiger partial charge in [-0.15, -0.1) is 11.3 Å². The van der Waals surface area contributed by atoms with Crippen LogP contribution in [0.3, 0.4) is 0 Å². The molecule has 0 spiro atoms. The summed E-state index contributed by atoms with van der Waals surface area (Å²) in [6.45, 7) is 6.19. The van der Waals surface area contributed by atoms with Crippen molar-refractivity contribution in [1.29, 1.82) is 0 Å². The van der Waals surface area contributed by atoms with Gasteiger partial charge in [0.25, 0.3) is 0 Å². The molecule has 0 aliphatic rings. The molecule has 4 heteroatoms. The van der Waals surface area contributed by atoms with Crippen molar-refractivity contribution in [2.45, 2.75) is 20.8 Å². The van der Waals surface area contributed by atoms with Crippen LogP contribution in [0.4, 0.5) is 0 Å². The van der Waals surface area contributed by atoms with Crippen LogP contribution in [0.5, 0.6) is 0 Å². The molecule has 0 N–H and O–H groups in total. The Morgan fingerprint density at radius 2 is 2.00 bits per heavy atom. The molecule has 0 fully saturated rings. The third-order valence-electron chi connectivity index (χ3n) is 2.86. The molecule has 3 nitrogen and oxygen atoms in total. The molecule has 0 bridgehead atoms. The summed E-state index contributed by atoms with van der Waals surface area (Å²) in [5.41, 5.74) is 4.46. The molecule has 3 heterocycles. The van der Waals surface area contributed by atoms with Gasteiger partial charge in [0.2, 0.25) is 5.78 Å². The van der Waals surface area contributed by atoms with Gasteiger partial charge in [0.1, 0.15) is 5.69 Å². The third-order valence-corrected chi connectivity index (χ3v) is 3.90. The predicted molar refractivity (Wildman–Crippen MR) is 70.5 cm³/mol. The van der Waals surface area contributed by atoms with Gasteiger partial charge in [-0.3, -0.25) is 4.40 Å². The molecule has 86 valence electrons. The lowest BCUT2D eigenvalue weighted by molar-refractivity contribution is 1.01. The highest BCUT2D eigenvalue weighted by Gasteiger charge is 2.10. The smallest absolute Gasteiger partial charge is 0.234 e. The number of nitrogens with zero attached hydrogens (tertiary/aromatic N) is 3. The Balaban J connectivity index is 2.27. The number of fused-ring (bicyclic) bond motifs is 1. The van der Waals surface area contributed by atoms with Crippen LogP contribution in [-0.2, 0) is 0 Å². The maximum atomic E-state index is 4.60. The summed E-state index contributed by atoms with van der Waals surface area (Å²) in [6.07, 6.45) is 2.07. The van der Waals surface area contributed by atoms with E-state index in [0.717, 1.165) is 17.2 Å². The molecule has 0 saturated heterocycles. The Kier molecular flexibility index (Phi) is 2.26. The van der Waals surface area contributed by atoms with E-state index in [1.165, 1.54) is 16.1 Å². The fourth-order valence-electron chi connectivity index (χ4n) is 2.02. The zero-order chi connectivity index (χ0) is 12.0. The average molecular weight is 243 g/mol. The van der Waals surface area contributed by atoms with Crippen LogP contribution < -0.4 is 0 Å². The van der Waals surface area contributed by atoms with Crippen LogP contribution in [0.2, 0.25) is 0 Å². The van der Waals surface area contributed by atoms with E-state index in [0.29, 0.717) is 0 Å². The van der Waals surface area contributed by atoms with E-state index >= 15 is 0 Å². The first kappa shape index (κ1) is 10.5. The first-order valence-electron chi connectivity index (χ1n) is 5.53. The zero-order valence-electron chi connectivity index (χ0n) is 10.1. The van der Waals surface area contributed by atoms with Crippen molar-refractivity contribution < 1.29 is 0 Å². The second kappa shape index (κ2) is 3.67. The van der Waals surface area contributed by atoms with Gasteiger partial charge in [-0.05, 0) is 43.8 Å². The Morgan fingerprint density at radius 3 is 2.71 bits per heavy atom. The highest BCUT2D eigenvalue weighted by Crippen LogP contribution is 2.28. The minimum Gasteiger partial charge on any atom is -0.288 e. The summed E-state index contributed by atoms with van der Waals surface area (Å²) in [6, 6.07) is 4.19. The van der Waals surface area contributed by atoms with Crippen molar-refractivity contribution in [3.63, 3.8) is 0 Å². The van der Waals surface area contributed by atoms with Gasteiger partial charge >= 0.3 is 0 Å². The first-order valence-corrected chi connectivity index (χ1v) is 6.41. The number of aryl methyl sites for hydroxylation is 3. The van der Waals surface area contributed by atoms with Crippen LogP contribution >= 0.6 is 11.3 Å². The normalized spacial score (nSPS) is 11.2. The van der Waals surface area contributed by atoms with E-state index in [4.69, 9.17) is 0 Å². The molecule has 17 heavy (non-hydrogen) atoms. The van der Waals surface area contributed by atoms with E-state index in [1.807, 2.05) is 11.3 Å². The lowest BCUT2D eigenvalue weighted by Gasteiger charge is -1.98. The largest absolute Gasteiger partial charge is 0.288 e. The summed E-state index contributed by atoms with van der Waals surface area (Å²) in [5, 5.41) is 2.10. The fourth-order valence-corrected chi connectivity index (χ4v) is 2.90. The van der Waals surface area contributed by atoms with Gasteiger partial charge in [0.05, 0.1) is 4.88 Å². The number of imidazole rings is 1. The van der Waals surface area contributed by atoms with Crippen LogP contribution in [-0.4, -0.2) is 14.4 Å². The van der Waals surface area contributed by atoms with Crippen molar-refractivity contribution in [2.75, 3.05) is 0 Å². The standard InChI is InChI=1S/C13H13N3S/c1-8-4-5-17-12(8)11-7-16-10(3)6-9(2)14-13(16)15-11/h4-7H,1-3H3. The molecular formula is C13H13N3S. The highest BCUT2D eigenvalue weighted by atomic mass is 32.1. The van der Waals surface area contributed by atoms with Gasteiger partial charge < -0.3 is 0 Å². The second-order valence-electron chi connectivity index (χ2n) is 4.27. The summed E-state index contributed by atoms with van der Waals surface area (Å²) in [7, 11) is 0. The molecule has 0 atom stereocenters. The van der Waals surface area contributed by atoms with Crippen molar-refractivity contribution in [2.24, 2.45) is 0 Å². The molecule has 0 saturated carbocycles. The summed E-state index contributed by atoms with van der Waals surface area (Å²) in [5.74, 6) is 0.783. The predicted octanol–water partition coefficient (Wildman–Crippen LogP) is 3.38. The van der Waals surface area contributed by atoms with E-state index in [9.17, 15) is 0 Å². The van der Waals surface area contributed by atoms with Crippen LogP contribution in [0.25, 0.3) is 16.3 Å². The van der Waals surface area contributed by atoms with Gasteiger partial charge in [0.15, 0.2) is 0 Å². The minimum absolute atomic E-state index is 0.783. The number of rotatable bonds is 1. The Labute approximate surface area is 104 Å². The van der Waals surface area contributed by atoms with Gasteiger partial charge in [-0.1, -0.05) is 0 Å². The van der Waals surface area contributed by atoms with Crippen LogP contribution in [0, 0.1) is 20.8 Å². The fraction of sp³-hybridized carbons (Fsp3) is 0.231. The molecule has 3 aromatic rings. The quantitative estimate of drug-likeness (QED) is 0.656. The van der Waals surface area contributed by atoms with E-state index < -0.39 is 0 Å². The average Bonchev–Trinajstić information content (AvgIpc) is 2.83. The molecule has 3 rings (SSSR count). The minimum atomic E-state index is 0.783. The summed E-state index contributed by atoms with van der Waals surface area (Å²) in [4.78, 5) is 10.3. The number of hydrogen-bond acceptors (Lipinski definition) is 3. The molecular weight excluding hydrogens is 230 g/mol.